The molecule has 1 amide bonds. The van der Waals surface area contributed by atoms with Gasteiger partial charge in [0, 0.05) is 4.88 Å². The normalized spacial score (nSPS) is 34.0. The molecule has 0 saturated heterocycles. The monoisotopic (exact) mass is 402 g/mol. The Bertz CT molecular complexity index is 1020. The van der Waals surface area contributed by atoms with Gasteiger partial charge in [0.1, 0.15) is 11.1 Å². The van der Waals surface area contributed by atoms with E-state index >= 15 is 0 Å². The van der Waals surface area contributed by atoms with Crippen LogP contribution >= 0.6 is 11.3 Å². The van der Waals surface area contributed by atoms with E-state index in [1.807, 2.05) is 0 Å². The number of rotatable bonds is 3. The summed E-state index contributed by atoms with van der Waals surface area (Å²) in [5, 5.41) is 13.8. The third-order valence-corrected chi connectivity index (χ3v) is 9.40. The maximum Gasteiger partial charge on any atom is 0.231 e. The summed E-state index contributed by atoms with van der Waals surface area (Å²) >= 11 is 1.65. The van der Waals surface area contributed by atoms with Crippen molar-refractivity contribution in [2.45, 2.75) is 63.2 Å². The largest absolute Gasteiger partial charge is 0.316 e. The lowest BCUT2D eigenvalue weighted by Gasteiger charge is -2.61. The average Bonchev–Trinajstić information content (AvgIpc) is 3.28. The number of nitriles is 1. The van der Waals surface area contributed by atoms with Crippen LogP contribution in [0.4, 0.5) is 5.00 Å². The van der Waals surface area contributed by atoms with Gasteiger partial charge in [0.15, 0.2) is 0 Å². The van der Waals surface area contributed by atoms with Crippen molar-refractivity contribution >= 4 is 22.2 Å². The van der Waals surface area contributed by atoms with E-state index in [0.29, 0.717) is 11.8 Å². The zero-order chi connectivity index (χ0) is 19.6. The summed E-state index contributed by atoms with van der Waals surface area (Å²) in [6, 6.07) is 13.3. The molecule has 0 radical (unpaired) electrons. The number of anilines is 1. The SMILES string of the molecule is N#Cc1c(NC(=O)C23CC4CC(C2)CC(c2ccccc2)(C4)C3)sc2c1CCC2. The topological polar surface area (TPSA) is 52.9 Å². The number of thiophene rings is 1. The third kappa shape index (κ3) is 2.56. The summed E-state index contributed by atoms with van der Waals surface area (Å²) in [5.74, 6) is 1.50. The van der Waals surface area contributed by atoms with E-state index in [0.717, 1.165) is 49.1 Å². The number of carbonyl (C=O) groups excluding carboxylic acids is 1. The summed E-state index contributed by atoms with van der Waals surface area (Å²) < 4.78 is 0. The molecule has 7 rings (SSSR count). The second-order valence-electron chi connectivity index (χ2n) is 10.0. The van der Waals surface area contributed by atoms with E-state index in [-0.39, 0.29) is 16.7 Å². The van der Waals surface area contributed by atoms with Gasteiger partial charge < -0.3 is 5.32 Å². The number of fused-ring (bicyclic) bond motifs is 1. The third-order valence-electron chi connectivity index (χ3n) is 8.19. The highest BCUT2D eigenvalue weighted by molar-refractivity contribution is 7.16. The number of benzene rings is 1. The molecular weight excluding hydrogens is 376 g/mol. The van der Waals surface area contributed by atoms with Crippen LogP contribution in [0.25, 0.3) is 0 Å². The lowest BCUT2D eigenvalue weighted by atomic mass is 9.42. The van der Waals surface area contributed by atoms with Crippen LogP contribution in [0.3, 0.4) is 0 Å². The smallest absolute Gasteiger partial charge is 0.231 e. The maximum atomic E-state index is 13.7. The summed E-state index contributed by atoms with van der Waals surface area (Å²) in [6.07, 6.45) is 9.95. The predicted molar refractivity (Wildman–Crippen MR) is 115 cm³/mol. The van der Waals surface area contributed by atoms with E-state index in [2.05, 4.69) is 41.7 Å². The molecule has 1 heterocycles. The Hall–Kier alpha value is -2.12. The van der Waals surface area contributed by atoms with Gasteiger partial charge in [0.2, 0.25) is 5.91 Å². The number of nitrogens with one attached hydrogen (secondary N) is 1. The molecule has 1 aromatic heterocycles. The highest BCUT2D eigenvalue weighted by atomic mass is 32.1. The van der Waals surface area contributed by atoms with Crippen LogP contribution in [-0.2, 0) is 23.1 Å². The first-order valence-corrected chi connectivity index (χ1v) is 11.8. The molecule has 2 atom stereocenters. The van der Waals surface area contributed by atoms with Gasteiger partial charge in [0.25, 0.3) is 0 Å². The maximum absolute atomic E-state index is 13.7. The first-order chi connectivity index (χ1) is 14.1. The van der Waals surface area contributed by atoms with Crippen molar-refractivity contribution in [2.75, 3.05) is 5.32 Å². The number of carbonyl (C=O) groups is 1. The molecule has 1 aromatic carbocycles. The first kappa shape index (κ1) is 17.7. The summed E-state index contributed by atoms with van der Waals surface area (Å²) in [4.78, 5) is 15.0. The van der Waals surface area contributed by atoms with Crippen LogP contribution in [0.5, 0.6) is 0 Å². The molecule has 0 spiro atoms. The van der Waals surface area contributed by atoms with Crippen molar-refractivity contribution in [3.05, 3.63) is 51.9 Å². The quantitative estimate of drug-likeness (QED) is 0.728. The molecule has 4 heteroatoms. The second-order valence-corrected chi connectivity index (χ2v) is 11.1. The molecule has 5 aliphatic rings. The standard InChI is InChI=1S/C25H26N2OS/c26-14-20-19-7-4-8-21(19)29-22(20)27-23(28)25-12-16-9-17(13-25)11-24(10-16,15-25)18-5-2-1-3-6-18/h1-3,5-6,16-17H,4,7-13,15H2,(H,27,28). The predicted octanol–water partition coefficient (Wildman–Crippen LogP) is 5.59. The zero-order valence-electron chi connectivity index (χ0n) is 16.7. The molecule has 1 N–H and O–H groups in total. The van der Waals surface area contributed by atoms with E-state index < -0.39 is 0 Å². The molecule has 29 heavy (non-hydrogen) atoms. The second kappa shape index (κ2) is 6.19. The fourth-order valence-corrected chi connectivity index (χ4v) is 8.74. The lowest BCUT2D eigenvalue weighted by Crippen LogP contribution is -2.57. The average molecular weight is 403 g/mol. The van der Waals surface area contributed by atoms with Crippen molar-refractivity contribution in [2.24, 2.45) is 17.3 Å². The minimum Gasteiger partial charge on any atom is -0.316 e. The molecule has 4 saturated carbocycles. The van der Waals surface area contributed by atoms with Gasteiger partial charge in [0.05, 0.1) is 11.0 Å². The van der Waals surface area contributed by atoms with Crippen LogP contribution < -0.4 is 5.32 Å². The molecular formula is C25H26N2OS. The van der Waals surface area contributed by atoms with Crippen molar-refractivity contribution < 1.29 is 4.79 Å². The van der Waals surface area contributed by atoms with Crippen LogP contribution in [0.15, 0.2) is 30.3 Å². The Kier molecular flexibility index (Phi) is 3.78. The van der Waals surface area contributed by atoms with Crippen LogP contribution in [-0.4, -0.2) is 5.91 Å². The summed E-state index contributed by atoms with van der Waals surface area (Å²) in [7, 11) is 0. The number of hydrogen-bond acceptors (Lipinski definition) is 3. The van der Waals surface area contributed by atoms with Gasteiger partial charge in [-0.15, -0.1) is 11.3 Å². The zero-order valence-corrected chi connectivity index (χ0v) is 17.5. The molecule has 5 aliphatic carbocycles. The highest BCUT2D eigenvalue weighted by Crippen LogP contribution is 2.66. The Labute approximate surface area is 176 Å². The van der Waals surface area contributed by atoms with E-state index in [4.69, 9.17) is 0 Å². The first-order valence-electron chi connectivity index (χ1n) is 11.0. The van der Waals surface area contributed by atoms with Gasteiger partial charge in [-0.2, -0.15) is 5.26 Å². The molecule has 2 aromatic rings. The van der Waals surface area contributed by atoms with E-state index in [1.165, 1.54) is 35.3 Å². The van der Waals surface area contributed by atoms with Gasteiger partial charge in [-0.25, -0.2) is 0 Å². The highest BCUT2D eigenvalue weighted by Gasteiger charge is 2.61. The van der Waals surface area contributed by atoms with E-state index in [9.17, 15) is 10.1 Å². The molecule has 0 aliphatic heterocycles. The molecule has 148 valence electrons. The Morgan fingerprint density at radius 2 is 1.86 bits per heavy atom. The number of nitrogens with zero attached hydrogens (tertiary/aromatic N) is 1. The molecule has 4 bridgehead atoms. The van der Waals surface area contributed by atoms with Crippen LogP contribution in [0, 0.1) is 28.6 Å². The minimum atomic E-state index is -0.263. The molecule has 3 nitrogen and oxygen atoms in total. The fourth-order valence-electron chi connectivity index (χ4n) is 7.50. The Morgan fingerprint density at radius 1 is 1.10 bits per heavy atom. The van der Waals surface area contributed by atoms with Crippen LogP contribution in [0.1, 0.15) is 66.5 Å². The molecule has 2 unspecified atom stereocenters. The van der Waals surface area contributed by atoms with Gasteiger partial charge in [-0.3, -0.25) is 4.79 Å². The van der Waals surface area contributed by atoms with Gasteiger partial charge in [-0.1, -0.05) is 30.3 Å². The van der Waals surface area contributed by atoms with Gasteiger partial charge in [-0.05, 0) is 86.2 Å². The Balaban J connectivity index is 1.34. The van der Waals surface area contributed by atoms with Crippen molar-refractivity contribution in [3.63, 3.8) is 0 Å². The molecule has 4 fully saturated rings. The summed E-state index contributed by atoms with van der Waals surface area (Å²) in [5.41, 5.74) is 3.26. The number of amides is 1. The van der Waals surface area contributed by atoms with Crippen molar-refractivity contribution in [1.82, 2.24) is 0 Å². The van der Waals surface area contributed by atoms with Crippen LogP contribution in [0.2, 0.25) is 0 Å². The minimum absolute atomic E-state index is 0.165. The van der Waals surface area contributed by atoms with Crippen molar-refractivity contribution in [3.8, 4) is 6.07 Å². The fraction of sp³-hybridized carbons (Fsp3) is 0.520. The Morgan fingerprint density at radius 3 is 2.59 bits per heavy atom. The number of aryl methyl sites for hydroxylation is 1. The summed E-state index contributed by atoms with van der Waals surface area (Å²) in [6.45, 7) is 0. The number of hydrogen-bond donors (Lipinski definition) is 1. The van der Waals surface area contributed by atoms with Gasteiger partial charge >= 0.3 is 0 Å². The van der Waals surface area contributed by atoms with Crippen molar-refractivity contribution in [1.29, 1.82) is 5.26 Å². The lowest BCUT2D eigenvalue weighted by molar-refractivity contribution is -0.143. The van der Waals surface area contributed by atoms with E-state index in [1.54, 1.807) is 11.3 Å².